The summed E-state index contributed by atoms with van der Waals surface area (Å²) in [5.41, 5.74) is 2.21. The van der Waals surface area contributed by atoms with E-state index >= 15 is 0 Å². The molecule has 8 heteroatoms. The number of rotatable bonds is 5. The van der Waals surface area contributed by atoms with Crippen molar-refractivity contribution in [2.24, 2.45) is 7.05 Å². The van der Waals surface area contributed by atoms with Crippen molar-refractivity contribution in [2.75, 3.05) is 25.1 Å². The summed E-state index contributed by atoms with van der Waals surface area (Å²) in [6.45, 7) is 1.68. The molecule has 27 heavy (non-hydrogen) atoms. The summed E-state index contributed by atoms with van der Waals surface area (Å²) < 4.78 is 6.89. The third kappa shape index (κ3) is 3.66. The van der Waals surface area contributed by atoms with Gasteiger partial charge in [-0.25, -0.2) is 4.98 Å². The summed E-state index contributed by atoms with van der Waals surface area (Å²) in [5.74, 6) is 0.655. The Bertz CT molecular complexity index is 937. The predicted molar refractivity (Wildman–Crippen MR) is 105 cm³/mol. The summed E-state index contributed by atoms with van der Waals surface area (Å²) in [4.78, 5) is 19.3. The molecule has 2 aromatic heterocycles. The van der Waals surface area contributed by atoms with E-state index < -0.39 is 0 Å². The quantitative estimate of drug-likeness (QED) is 0.733. The molecule has 1 atom stereocenters. The largest absolute Gasteiger partial charge is 0.497 e. The van der Waals surface area contributed by atoms with Crippen LogP contribution >= 0.6 is 11.3 Å². The summed E-state index contributed by atoms with van der Waals surface area (Å²) >= 11 is 1.62. The molecule has 1 saturated heterocycles. The molecule has 1 amide bonds. The normalized spacial score (nSPS) is 16.5. The highest BCUT2D eigenvalue weighted by atomic mass is 32.1. The van der Waals surface area contributed by atoms with Gasteiger partial charge >= 0.3 is 0 Å². The van der Waals surface area contributed by atoms with Crippen LogP contribution < -0.4 is 15.0 Å². The Morgan fingerprint density at radius 3 is 3.04 bits per heavy atom. The van der Waals surface area contributed by atoms with Crippen LogP contribution in [0, 0.1) is 0 Å². The Hall–Kier alpha value is -2.87. The second-order valence-electron chi connectivity index (χ2n) is 6.49. The number of nitrogens with one attached hydrogen (secondary N) is 1. The van der Waals surface area contributed by atoms with Crippen molar-refractivity contribution in [1.29, 1.82) is 0 Å². The molecular weight excluding hydrogens is 362 g/mol. The van der Waals surface area contributed by atoms with Crippen LogP contribution in [0.5, 0.6) is 5.75 Å². The van der Waals surface area contributed by atoms with Crippen LogP contribution in [-0.4, -0.2) is 46.9 Å². The Morgan fingerprint density at radius 2 is 2.26 bits per heavy atom. The topological polar surface area (TPSA) is 72.3 Å². The van der Waals surface area contributed by atoms with Crippen molar-refractivity contribution >= 4 is 22.4 Å². The van der Waals surface area contributed by atoms with Crippen molar-refractivity contribution in [1.82, 2.24) is 20.1 Å². The first-order chi connectivity index (χ1) is 13.1. The molecular formula is C19H21N5O2S. The lowest BCUT2D eigenvalue weighted by atomic mass is 10.1. The molecule has 1 unspecified atom stereocenters. The highest BCUT2D eigenvalue weighted by Gasteiger charge is 2.26. The van der Waals surface area contributed by atoms with Gasteiger partial charge in [0.05, 0.1) is 12.8 Å². The number of nitrogens with zero attached hydrogens (tertiary/aromatic N) is 4. The summed E-state index contributed by atoms with van der Waals surface area (Å²) in [7, 11) is 3.42. The van der Waals surface area contributed by atoms with E-state index in [0.717, 1.165) is 41.6 Å². The maximum Gasteiger partial charge on any atom is 0.269 e. The average Bonchev–Trinajstić information content (AvgIpc) is 3.42. The van der Waals surface area contributed by atoms with E-state index in [1.54, 1.807) is 30.2 Å². The number of hydrogen-bond acceptors (Lipinski definition) is 6. The van der Waals surface area contributed by atoms with Gasteiger partial charge in [0, 0.05) is 43.3 Å². The van der Waals surface area contributed by atoms with Gasteiger partial charge in [-0.3, -0.25) is 9.48 Å². The molecule has 1 aliphatic heterocycles. The van der Waals surface area contributed by atoms with Gasteiger partial charge in [0.1, 0.15) is 11.4 Å². The van der Waals surface area contributed by atoms with Gasteiger partial charge in [-0.05, 0) is 24.6 Å². The van der Waals surface area contributed by atoms with Gasteiger partial charge in [-0.15, -0.1) is 11.3 Å². The molecule has 4 rings (SSSR count). The molecule has 7 nitrogen and oxygen atoms in total. The third-order valence-corrected chi connectivity index (χ3v) is 5.52. The number of methoxy groups -OCH3 is 1. The fraction of sp³-hybridized carbons (Fsp3) is 0.316. The first-order valence-electron chi connectivity index (χ1n) is 8.78. The molecule has 0 bridgehead atoms. The van der Waals surface area contributed by atoms with Crippen LogP contribution in [0.2, 0.25) is 0 Å². The predicted octanol–water partition coefficient (Wildman–Crippen LogP) is 2.56. The van der Waals surface area contributed by atoms with E-state index in [1.165, 1.54) is 0 Å². The number of benzene rings is 1. The zero-order valence-corrected chi connectivity index (χ0v) is 16.1. The Morgan fingerprint density at radius 1 is 1.37 bits per heavy atom. The Labute approximate surface area is 161 Å². The number of ether oxygens (including phenoxy) is 1. The zero-order valence-electron chi connectivity index (χ0n) is 15.3. The van der Waals surface area contributed by atoms with Gasteiger partial charge in [0.25, 0.3) is 5.91 Å². The Kier molecular flexibility index (Phi) is 4.81. The summed E-state index contributed by atoms with van der Waals surface area (Å²) in [6.07, 6.45) is 2.72. The molecule has 3 heterocycles. The lowest BCUT2D eigenvalue weighted by molar-refractivity contribution is 0.0931. The van der Waals surface area contributed by atoms with E-state index in [2.05, 4.69) is 20.3 Å². The molecule has 0 radical (unpaired) electrons. The van der Waals surface area contributed by atoms with Crippen molar-refractivity contribution < 1.29 is 9.53 Å². The molecule has 1 aliphatic rings. The van der Waals surface area contributed by atoms with Crippen LogP contribution in [0.25, 0.3) is 11.3 Å². The lowest BCUT2D eigenvalue weighted by Crippen LogP contribution is -2.37. The van der Waals surface area contributed by atoms with E-state index in [4.69, 9.17) is 4.74 Å². The Balaban J connectivity index is 1.46. The zero-order chi connectivity index (χ0) is 18.8. The molecule has 0 spiro atoms. The molecule has 1 fully saturated rings. The van der Waals surface area contributed by atoms with Gasteiger partial charge in [-0.2, -0.15) is 5.10 Å². The van der Waals surface area contributed by atoms with Crippen LogP contribution in [0.3, 0.4) is 0 Å². The number of aryl methyl sites for hydroxylation is 1. The van der Waals surface area contributed by atoms with Crippen LogP contribution in [-0.2, 0) is 7.05 Å². The highest BCUT2D eigenvalue weighted by Crippen LogP contribution is 2.24. The number of amides is 1. The molecule has 3 aromatic rings. The lowest BCUT2D eigenvalue weighted by Gasteiger charge is -2.15. The second kappa shape index (κ2) is 7.40. The highest BCUT2D eigenvalue weighted by molar-refractivity contribution is 7.13. The monoisotopic (exact) mass is 383 g/mol. The smallest absolute Gasteiger partial charge is 0.269 e. The van der Waals surface area contributed by atoms with E-state index in [1.807, 2.05) is 41.9 Å². The fourth-order valence-corrected chi connectivity index (χ4v) is 3.97. The molecule has 1 aromatic carbocycles. The first-order valence-corrected chi connectivity index (χ1v) is 9.66. The van der Waals surface area contributed by atoms with E-state index in [-0.39, 0.29) is 11.9 Å². The number of aromatic nitrogens is 3. The number of anilines is 1. The van der Waals surface area contributed by atoms with Gasteiger partial charge in [0.2, 0.25) is 0 Å². The average molecular weight is 383 g/mol. The van der Waals surface area contributed by atoms with Crippen LogP contribution in [0.15, 0.2) is 41.9 Å². The second-order valence-corrected chi connectivity index (χ2v) is 7.36. The van der Waals surface area contributed by atoms with Crippen LogP contribution in [0.1, 0.15) is 16.9 Å². The minimum absolute atomic E-state index is 0.106. The minimum Gasteiger partial charge on any atom is -0.497 e. The molecule has 0 aliphatic carbocycles. The molecule has 140 valence electrons. The molecule has 1 N–H and O–H groups in total. The number of carbonyl (C=O) groups excluding carboxylic acids is 1. The van der Waals surface area contributed by atoms with Crippen molar-refractivity contribution in [3.63, 3.8) is 0 Å². The number of thiazole rings is 1. The first kappa shape index (κ1) is 17.5. The van der Waals surface area contributed by atoms with Crippen molar-refractivity contribution in [2.45, 2.75) is 12.5 Å². The number of hydrogen-bond donors (Lipinski definition) is 1. The third-order valence-electron chi connectivity index (χ3n) is 4.69. The number of carbonyl (C=O) groups is 1. The maximum atomic E-state index is 12.8. The van der Waals surface area contributed by atoms with Gasteiger partial charge in [0.15, 0.2) is 5.13 Å². The standard InChI is InChI=1S/C19H21N5O2S/c1-23-17(11-16(22-23)13-4-3-5-15(10-13)26-2)18(25)21-14-6-8-24(12-14)19-20-7-9-27-19/h3-5,7,9-11,14H,6,8,12H2,1-2H3,(H,21,25). The minimum atomic E-state index is -0.106. The summed E-state index contributed by atoms with van der Waals surface area (Å²) in [6, 6.07) is 9.58. The SMILES string of the molecule is COc1cccc(-c2cc(C(=O)NC3CCN(c4nccs4)C3)n(C)n2)c1. The summed E-state index contributed by atoms with van der Waals surface area (Å²) in [5, 5.41) is 10.6. The fourth-order valence-electron chi connectivity index (χ4n) is 3.29. The van der Waals surface area contributed by atoms with Gasteiger partial charge < -0.3 is 15.0 Å². The van der Waals surface area contributed by atoms with Gasteiger partial charge in [-0.1, -0.05) is 12.1 Å². The molecule has 0 saturated carbocycles. The van der Waals surface area contributed by atoms with E-state index in [0.29, 0.717) is 5.69 Å². The van der Waals surface area contributed by atoms with E-state index in [9.17, 15) is 4.79 Å². The van der Waals surface area contributed by atoms with Crippen molar-refractivity contribution in [3.8, 4) is 17.0 Å². The maximum absolute atomic E-state index is 12.8. The van der Waals surface area contributed by atoms with Crippen LogP contribution in [0.4, 0.5) is 5.13 Å². The van der Waals surface area contributed by atoms with Crippen molar-refractivity contribution in [3.05, 3.63) is 47.6 Å².